The van der Waals surface area contributed by atoms with Crippen LogP contribution in [0.4, 0.5) is 0 Å². The Kier molecular flexibility index (Phi) is 4.29. The molecule has 3 rings (SSSR count). The minimum atomic E-state index is -0.417. The first kappa shape index (κ1) is 14.6. The fraction of sp³-hybridized carbons (Fsp3) is 0.611. The van der Waals surface area contributed by atoms with Crippen molar-refractivity contribution in [1.82, 2.24) is 4.90 Å². The lowest BCUT2D eigenvalue weighted by atomic mass is 9.81. The van der Waals surface area contributed by atoms with Crippen molar-refractivity contribution in [2.75, 3.05) is 13.1 Å². The molecule has 1 heterocycles. The lowest BCUT2D eigenvalue weighted by Gasteiger charge is -2.38. The maximum absolute atomic E-state index is 12.6. The van der Waals surface area contributed by atoms with Crippen LogP contribution in [-0.4, -0.2) is 35.1 Å². The molecule has 2 aliphatic rings. The maximum atomic E-state index is 12.6. The molecule has 1 aromatic carbocycles. The van der Waals surface area contributed by atoms with Crippen molar-refractivity contribution in [2.24, 2.45) is 11.8 Å². The molecule has 3 heteroatoms. The zero-order valence-corrected chi connectivity index (χ0v) is 12.7. The summed E-state index contributed by atoms with van der Waals surface area (Å²) in [5.74, 6) is 1.05. The molecule has 1 aliphatic heterocycles. The molecule has 1 N–H and O–H groups in total. The van der Waals surface area contributed by atoms with Gasteiger partial charge in [0.2, 0.25) is 5.91 Å². The van der Waals surface area contributed by atoms with Crippen LogP contribution in [0.25, 0.3) is 0 Å². The second-order valence-corrected chi connectivity index (χ2v) is 6.67. The molecule has 2 fully saturated rings. The average Bonchev–Trinajstić information content (AvgIpc) is 2.93. The summed E-state index contributed by atoms with van der Waals surface area (Å²) in [6.07, 6.45) is 3.23. The van der Waals surface area contributed by atoms with Crippen molar-refractivity contribution in [3.05, 3.63) is 35.9 Å². The molecule has 0 spiro atoms. The number of nitrogens with zero attached hydrogens (tertiary/aromatic N) is 1. The first-order valence-corrected chi connectivity index (χ1v) is 8.18. The van der Waals surface area contributed by atoms with E-state index < -0.39 is 6.10 Å². The van der Waals surface area contributed by atoms with Gasteiger partial charge in [0.25, 0.3) is 0 Å². The van der Waals surface area contributed by atoms with Crippen LogP contribution in [-0.2, 0) is 4.79 Å². The number of likely N-dealkylation sites (tertiary alicyclic amines) is 1. The van der Waals surface area contributed by atoms with Crippen molar-refractivity contribution in [3.8, 4) is 0 Å². The molecule has 1 aromatic rings. The SMILES string of the molecule is CC1CN(C(=O)C2CCCC2O)CCC1c1ccccc1. The highest BCUT2D eigenvalue weighted by Crippen LogP contribution is 2.35. The number of aliphatic hydroxyl groups is 1. The molecular weight excluding hydrogens is 262 g/mol. The Hall–Kier alpha value is -1.35. The van der Waals surface area contributed by atoms with Crippen LogP contribution in [0.1, 0.15) is 44.1 Å². The standard InChI is InChI=1S/C18H25NO2/c1-13-12-19(18(21)16-8-5-9-17(16)20)11-10-15(13)14-6-3-2-4-7-14/h2-4,6-7,13,15-17,20H,5,8-12H2,1H3. The Labute approximate surface area is 127 Å². The van der Waals surface area contributed by atoms with Crippen LogP contribution in [0.2, 0.25) is 0 Å². The summed E-state index contributed by atoms with van der Waals surface area (Å²) < 4.78 is 0. The summed E-state index contributed by atoms with van der Waals surface area (Å²) in [4.78, 5) is 14.6. The molecule has 0 bridgehead atoms. The minimum Gasteiger partial charge on any atom is -0.392 e. The third-order valence-electron chi connectivity index (χ3n) is 5.24. The lowest BCUT2D eigenvalue weighted by molar-refractivity contribution is -0.140. The number of piperidine rings is 1. The predicted molar refractivity (Wildman–Crippen MR) is 82.9 cm³/mol. The first-order valence-electron chi connectivity index (χ1n) is 8.18. The number of hydrogen-bond donors (Lipinski definition) is 1. The summed E-state index contributed by atoms with van der Waals surface area (Å²) in [5.41, 5.74) is 1.39. The second kappa shape index (κ2) is 6.18. The molecule has 114 valence electrons. The van der Waals surface area contributed by atoms with Gasteiger partial charge in [0, 0.05) is 13.1 Å². The largest absolute Gasteiger partial charge is 0.392 e. The highest BCUT2D eigenvalue weighted by atomic mass is 16.3. The third-order valence-corrected chi connectivity index (χ3v) is 5.24. The van der Waals surface area contributed by atoms with E-state index in [1.165, 1.54) is 5.56 Å². The Bertz CT molecular complexity index is 487. The maximum Gasteiger partial charge on any atom is 0.228 e. The van der Waals surface area contributed by atoms with E-state index in [1.54, 1.807) is 0 Å². The van der Waals surface area contributed by atoms with E-state index in [1.807, 2.05) is 11.0 Å². The summed E-state index contributed by atoms with van der Waals surface area (Å²) in [5, 5.41) is 9.94. The second-order valence-electron chi connectivity index (χ2n) is 6.67. The molecule has 4 atom stereocenters. The van der Waals surface area contributed by atoms with Crippen molar-refractivity contribution < 1.29 is 9.90 Å². The van der Waals surface area contributed by atoms with Gasteiger partial charge in [-0.3, -0.25) is 4.79 Å². The van der Waals surface area contributed by atoms with Crippen molar-refractivity contribution in [1.29, 1.82) is 0 Å². The smallest absolute Gasteiger partial charge is 0.228 e. The van der Waals surface area contributed by atoms with E-state index >= 15 is 0 Å². The van der Waals surface area contributed by atoms with E-state index in [0.29, 0.717) is 11.8 Å². The van der Waals surface area contributed by atoms with Gasteiger partial charge >= 0.3 is 0 Å². The van der Waals surface area contributed by atoms with Crippen molar-refractivity contribution in [2.45, 2.75) is 44.6 Å². The zero-order chi connectivity index (χ0) is 14.8. The van der Waals surface area contributed by atoms with Gasteiger partial charge in [0.15, 0.2) is 0 Å². The van der Waals surface area contributed by atoms with Crippen LogP contribution in [0.15, 0.2) is 30.3 Å². The number of amides is 1. The fourth-order valence-electron chi connectivity index (χ4n) is 4.00. The molecule has 0 radical (unpaired) electrons. The van der Waals surface area contributed by atoms with Gasteiger partial charge in [-0.25, -0.2) is 0 Å². The fourth-order valence-corrected chi connectivity index (χ4v) is 4.00. The van der Waals surface area contributed by atoms with Gasteiger partial charge in [-0.05, 0) is 43.1 Å². The normalized spacial score (nSPS) is 33.1. The zero-order valence-electron chi connectivity index (χ0n) is 12.7. The molecule has 21 heavy (non-hydrogen) atoms. The number of rotatable bonds is 2. The number of carbonyl (C=O) groups excluding carboxylic acids is 1. The molecule has 3 nitrogen and oxygen atoms in total. The van der Waals surface area contributed by atoms with Gasteiger partial charge in [-0.1, -0.05) is 37.3 Å². The van der Waals surface area contributed by atoms with Gasteiger partial charge in [0.05, 0.1) is 12.0 Å². The number of hydrogen-bond acceptors (Lipinski definition) is 2. The van der Waals surface area contributed by atoms with Crippen LogP contribution in [0, 0.1) is 11.8 Å². The molecule has 1 saturated carbocycles. The highest BCUT2D eigenvalue weighted by molar-refractivity contribution is 5.79. The molecule has 4 unspecified atom stereocenters. The van der Waals surface area contributed by atoms with Crippen LogP contribution in [0.3, 0.4) is 0 Å². The summed E-state index contributed by atoms with van der Waals surface area (Å²) in [7, 11) is 0. The Morgan fingerprint density at radius 1 is 1.19 bits per heavy atom. The lowest BCUT2D eigenvalue weighted by Crippen LogP contribution is -2.46. The minimum absolute atomic E-state index is 0.148. The van der Waals surface area contributed by atoms with Gasteiger partial charge < -0.3 is 10.0 Å². The van der Waals surface area contributed by atoms with Crippen molar-refractivity contribution in [3.63, 3.8) is 0 Å². The Morgan fingerprint density at radius 2 is 1.95 bits per heavy atom. The predicted octanol–water partition coefficient (Wildman–Crippen LogP) is 2.80. The summed E-state index contributed by atoms with van der Waals surface area (Å²) >= 11 is 0. The molecular formula is C18H25NO2. The molecule has 0 aromatic heterocycles. The topological polar surface area (TPSA) is 40.5 Å². The van der Waals surface area contributed by atoms with E-state index in [4.69, 9.17) is 0 Å². The Morgan fingerprint density at radius 3 is 2.57 bits per heavy atom. The van der Waals surface area contributed by atoms with Crippen LogP contribution in [0.5, 0.6) is 0 Å². The summed E-state index contributed by atoms with van der Waals surface area (Å²) in [6, 6.07) is 10.6. The molecule has 1 amide bonds. The first-order chi connectivity index (χ1) is 10.2. The number of carbonyl (C=O) groups is 1. The van der Waals surface area contributed by atoms with E-state index in [0.717, 1.165) is 38.8 Å². The quantitative estimate of drug-likeness (QED) is 0.908. The third kappa shape index (κ3) is 2.98. The average molecular weight is 287 g/mol. The van der Waals surface area contributed by atoms with E-state index in [9.17, 15) is 9.90 Å². The number of aliphatic hydroxyl groups excluding tert-OH is 1. The monoisotopic (exact) mass is 287 g/mol. The van der Waals surface area contributed by atoms with Gasteiger partial charge in [0.1, 0.15) is 0 Å². The molecule has 1 saturated heterocycles. The van der Waals surface area contributed by atoms with Gasteiger partial charge in [-0.2, -0.15) is 0 Å². The van der Waals surface area contributed by atoms with E-state index in [2.05, 4.69) is 31.2 Å². The highest BCUT2D eigenvalue weighted by Gasteiger charge is 2.37. The van der Waals surface area contributed by atoms with Crippen molar-refractivity contribution >= 4 is 5.91 Å². The Balaban J connectivity index is 1.64. The molecule has 1 aliphatic carbocycles. The van der Waals surface area contributed by atoms with Crippen LogP contribution >= 0.6 is 0 Å². The van der Waals surface area contributed by atoms with Crippen LogP contribution < -0.4 is 0 Å². The van der Waals surface area contributed by atoms with Gasteiger partial charge in [-0.15, -0.1) is 0 Å². The summed E-state index contributed by atoms with van der Waals surface area (Å²) in [6.45, 7) is 3.88. The number of benzene rings is 1. The van der Waals surface area contributed by atoms with E-state index in [-0.39, 0.29) is 11.8 Å².